The van der Waals surface area contributed by atoms with Crippen LogP contribution in [0.1, 0.15) is 35.6 Å². The maximum Gasteiger partial charge on any atom is 0.343 e. The number of carbonyl (C=O) groups excluding carboxylic acids is 1. The molecular weight excluding hydrogens is 344 g/mol. The molecule has 3 aromatic rings. The van der Waals surface area contributed by atoms with Crippen molar-refractivity contribution >= 4 is 16.9 Å². The molecule has 1 atom stereocenters. The summed E-state index contributed by atoms with van der Waals surface area (Å²) in [5.41, 5.74) is 3.00. The summed E-state index contributed by atoms with van der Waals surface area (Å²) in [4.78, 5) is 30.1. The van der Waals surface area contributed by atoms with E-state index in [4.69, 9.17) is 9.72 Å². The number of fused-ring (bicyclic) bond motifs is 5. The van der Waals surface area contributed by atoms with Crippen LogP contribution in [0.3, 0.4) is 0 Å². The number of rotatable bonds is 1. The van der Waals surface area contributed by atoms with E-state index >= 15 is 0 Å². The molecule has 0 fully saturated rings. The topological polar surface area (TPSA) is 81.4 Å². The minimum atomic E-state index is -1.79. The van der Waals surface area contributed by atoms with Crippen LogP contribution in [0.4, 0.5) is 0 Å². The van der Waals surface area contributed by atoms with E-state index in [1.54, 1.807) is 17.6 Å². The number of nitrogens with zero attached hydrogens (tertiary/aromatic N) is 2. The van der Waals surface area contributed by atoms with Gasteiger partial charge in [0.05, 0.1) is 29.0 Å². The predicted molar refractivity (Wildman–Crippen MR) is 99.3 cm³/mol. The maximum atomic E-state index is 13.1. The van der Waals surface area contributed by atoms with Gasteiger partial charge < -0.3 is 14.4 Å². The fourth-order valence-corrected chi connectivity index (χ4v) is 4.23. The van der Waals surface area contributed by atoms with Gasteiger partial charge in [0.1, 0.15) is 6.61 Å². The number of ether oxygens (including phenoxy) is 1. The molecule has 4 heterocycles. The maximum absolute atomic E-state index is 13.1. The first kappa shape index (κ1) is 16.2. The van der Waals surface area contributed by atoms with Gasteiger partial charge in [0.25, 0.3) is 5.56 Å². The van der Waals surface area contributed by atoms with Gasteiger partial charge >= 0.3 is 5.97 Å². The van der Waals surface area contributed by atoms with Crippen LogP contribution in [-0.2, 0) is 28.3 Å². The largest absolute Gasteiger partial charge is 0.458 e. The summed E-state index contributed by atoms with van der Waals surface area (Å²) in [5, 5.41) is 11.9. The number of para-hydroxylation sites is 1. The first-order valence-corrected chi connectivity index (χ1v) is 9.01. The molecule has 0 radical (unpaired) electrons. The van der Waals surface area contributed by atoms with Crippen molar-refractivity contribution < 1.29 is 14.6 Å². The van der Waals surface area contributed by atoms with E-state index in [1.165, 1.54) is 0 Å². The average Bonchev–Trinajstić information content (AvgIpc) is 3.05. The molecular formula is C21H18N2O4. The molecule has 0 saturated carbocycles. The molecule has 136 valence electrons. The Morgan fingerprint density at radius 1 is 1.26 bits per heavy atom. The first-order valence-electron chi connectivity index (χ1n) is 9.01. The third-order valence-electron chi connectivity index (χ3n) is 5.88. The van der Waals surface area contributed by atoms with E-state index in [9.17, 15) is 14.7 Å². The molecule has 6 nitrogen and oxygen atoms in total. The number of aliphatic hydroxyl groups is 1. The van der Waals surface area contributed by atoms with Crippen LogP contribution in [0.15, 0.2) is 35.1 Å². The van der Waals surface area contributed by atoms with Gasteiger partial charge in [-0.3, -0.25) is 4.79 Å². The number of hydrogen-bond donors (Lipinski definition) is 1. The summed E-state index contributed by atoms with van der Waals surface area (Å²) in [6.45, 7) is 4.05. The van der Waals surface area contributed by atoms with E-state index in [0.29, 0.717) is 23.4 Å². The number of aromatic nitrogens is 2. The van der Waals surface area contributed by atoms with Crippen molar-refractivity contribution in [3.05, 3.63) is 62.9 Å². The third kappa shape index (κ3) is 1.96. The van der Waals surface area contributed by atoms with E-state index in [-0.39, 0.29) is 18.6 Å². The lowest BCUT2D eigenvalue weighted by molar-refractivity contribution is -0.172. The van der Waals surface area contributed by atoms with Crippen LogP contribution in [0.25, 0.3) is 22.3 Å². The molecule has 2 aliphatic rings. The van der Waals surface area contributed by atoms with Crippen LogP contribution < -0.4 is 5.56 Å². The van der Waals surface area contributed by atoms with Gasteiger partial charge in [-0.05, 0) is 31.0 Å². The number of cyclic esters (lactones) is 1. The quantitative estimate of drug-likeness (QED) is 0.526. The summed E-state index contributed by atoms with van der Waals surface area (Å²) in [6.07, 6.45) is 0.138. The summed E-state index contributed by atoms with van der Waals surface area (Å²) in [5.74, 6) is -0.706. The Kier molecular flexibility index (Phi) is 3.16. The Labute approximate surface area is 155 Å². The van der Waals surface area contributed by atoms with Crippen molar-refractivity contribution in [1.29, 1.82) is 0 Å². The van der Waals surface area contributed by atoms with Gasteiger partial charge in [-0.1, -0.05) is 25.1 Å². The van der Waals surface area contributed by atoms with Crippen LogP contribution in [-0.4, -0.2) is 20.6 Å². The van der Waals surface area contributed by atoms with Gasteiger partial charge in [-0.15, -0.1) is 0 Å². The van der Waals surface area contributed by atoms with Gasteiger partial charge in [0.15, 0.2) is 5.60 Å². The van der Waals surface area contributed by atoms with Crippen LogP contribution in [0.2, 0.25) is 0 Å². The fraction of sp³-hybridized carbons (Fsp3) is 0.286. The first-order chi connectivity index (χ1) is 13.0. The summed E-state index contributed by atoms with van der Waals surface area (Å²) >= 11 is 0. The molecule has 6 heteroatoms. The summed E-state index contributed by atoms with van der Waals surface area (Å²) in [7, 11) is 0. The zero-order valence-electron chi connectivity index (χ0n) is 15.1. The average molecular weight is 362 g/mol. The molecule has 1 N–H and O–H groups in total. The highest BCUT2D eigenvalue weighted by molar-refractivity contribution is 5.88. The lowest BCUT2D eigenvalue weighted by atomic mass is 9.86. The number of benzene rings is 1. The number of carbonyl (C=O) groups is 1. The highest BCUT2D eigenvalue weighted by Crippen LogP contribution is 2.39. The minimum Gasteiger partial charge on any atom is -0.458 e. The van der Waals surface area contributed by atoms with Gasteiger partial charge in [0, 0.05) is 16.5 Å². The van der Waals surface area contributed by atoms with Gasteiger partial charge in [0.2, 0.25) is 0 Å². The van der Waals surface area contributed by atoms with Crippen molar-refractivity contribution in [2.75, 3.05) is 0 Å². The van der Waals surface area contributed by atoms with Gasteiger partial charge in [-0.25, -0.2) is 9.78 Å². The molecule has 5 rings (SSSR count). The standard InChI is InChI=1S/C21H18N2O4/c1-3-21(26)15-8-17-18-13(11(2)12-6-4-5-7-16(12)22-18)9-23(17)19(24)14(15)10-27-20(21)25/h4-8,26H,3,9-10H2,1-2H3. The molecule has 2 aromatic heterocycles. The second-order valence-electron chi connectivity index (χ2n) is 7.18. The monoisotopic (exact) mass is 362 g/mol. The van der Waals surface area contributed by atoms with Crippen molar-refractivity contribution in [3.63, 3.8) is 0 Å². The Bertz CT molecular complexity index is 1210. The highest BCUT2D eigenvalue weighted by atomic mass is 16.6. The fourth-order valence-electron chi connectivity index (χ4n) is 4.23. The predicted octanol–water partition coefficient (Wildman–Crippen LogP) is 2.39. The smallest absolute Gasteiger partial charge is 0.343 e. The molecule has 1 aromatic carbocycles. The molecule has 0 spiro atoms. The number of pyridine rings is 2. The Morgan fingerprint density at radius 2 is 2.04 bits per heavy atom. The summed E-state index contributed by atoms with van der Waals surface area (Å²) in [6, 6.07) is 9.62. The zero-order valence-corrected chi connectivity index (χ0v) is 15.1. The Hall–Kier alpha value is -2.99. The zero-order chi connectivity index (χ0) is 18.9. The SMILES string of the molecule is CCC1(O)C(=O)OCc2c1cc1n(c2=O)Cc2c-1nc1ccccc1c2C. The summed E-state index contributed by atoms with van der Waals surface area (Å²) < 4.78 is 6.76. The van der Waals surface area contributed by atoms with E-state index in [1.807, 2.05) is 31.2 Å². The number of aryl methyl sites for hydroxylation is 1. The van der Waals surface area contributed by atoms with E-state index in [2.05, 4.69) is 0 Å². The second kappa shape index (κ2) is 5.27. The molecule has 0 amide bonds. The van der Waals surface area contributed by atoms with Crippen molar-refractivity contribution in [3.8, 4) is 11.4 Å². The molecule has 0 aliphatic carbocycles. The van der Waals surface area contributed by atoms with Crippen LogP contribution in [0, 0.1) is 6.92 Å². The lowest BCUT2D eigenvalue weighted by Gasteiger charge is -2.31. The Morgan fingerprint density at radius 3 is 2.81 bits per heavy atom. The van der Waals surface area contributed by atoms with Crippen LogP contribution >= 0.6 is 0 Å². The van der Waals surface area contributed by atoms with Crippen LogP contribution in [0.5, 0.6) is 0 Å². The van der Waals surface area contributed by atoms with E-state index in [0.717, 1.165) is 27.7 Å². The van der Waals surface area contributed by atoms with Gasteiger partial charge in [-0.2, -0.15) is 0 Å². The minimum absolute atomic E-state index is 0.111. The Balaban J connectivity index is 1.84. The van der Waals surface area contributed by atoms with E-state index < -0.39 is 11.6 Å². The lowest BCUT2D eigenvalue weighted by Crippen LogP contribution is -2.44. The van der Waals surface area contributed by atoms with Crippen molar-refractivity contribution in [2.24, 2.45) is 0 Å². The molecule has 0 saturated heterocycles. The van der Waals surface area contributed by atoms with Crippen molar-refractivity contribution in [2.45, 2.75) is 39.0 Å². The molecule has 27 heavy (non-hydrogen) atoms. The molecule has 1 unspecified atom stereocenters. The second-order valence-corrected chi connectivity index (χ2v) is 7.18. The highest BCUT2D eigenvalue weighted by Gasteiger charge is 2.45. The van der Waals surface area contributed by atoms with Crippen molar-refractivity contribution in [1.82, 2.24) is 9.55 Å². The molecule has 0 bridgehead atoms. The normalized spacial score (nSPS) is 20.2. The molecule has 2 aliphatic heterocycles. The number of esters is 1. The third-order valence-corrected chi connectivity index (χ3v) is 5.88. The number of hydrogen-bond acceptors (Lipinski definition) is 5.